The fourth-order valence-electron chi connectivity index (χ4n) is 7.79. The van der Waals surface area contributed by atoms with E-state index in [0.717, 1.165) is 38.6 Å². The third-order valence-electron chi connectivity index (χ3n) is 10.0. The fraction of sp³-hybridized carbons (Fsp3) is 0. The number of hydrogen-bond donors (Lipinski definition) is 0. The predicted molar refractivity (Wildman–Crippen MR) is 206 cm³/mol. The number of furan rings is 1. The van der Waals surface area contributed by atoms with Gasteiger partial charge >= 0.3 is 0 Å². The number of benzene rings is 7. The highest BCUT2D eigenvalue weighted by Crippen LogP contribution is 2.32. The molecule has 7 aromatic carbocycles. The van der Waals surface area contributed by atoms with E-state index in [0.29, 0.717) is 17.5 Å². The van der Waals surface area contributed by atoms with Crippen LogP contribution in [0.4, 0.5) is 0 Å². The van der Waals surface area contributed by atoms with E-state index in [2.05, 4.69) is 109 Å². The molecule has 10 rings (SSSR count). The highest BCUT2D eigenvalue weighted by atomic mass is 28.3. The Morgan fingerprint density at radius 2 is 0.820 bits per heavy atom. The summed E-state index contributed by atoms with van der Waals surface area (Å²) in [6.45, 7) is 0. The highest BCUT2D eigenvalue weighted by Gasteiger charge is 2.48. The Hall–Kier alpha value is -6.43. The lowest BCUT2D eigenvalue weighted by molar-refractivity contribution is 0.669. The Kier molecular flexibility index (Phi) is 6.47. The molecule has 0 unspecified atom stereocenters. The SMILES string of the molecule is c1ccc(-c2nc(-c3ccccc3)nc(-c3ccc([Si]4(c5ccc6oc7ccccc7c6c5)c5ccccc5-c5ccccc54)cc3)n2)cc1. The Balaban J connectivity index is 1.19. The molecule has 0 radical (unpaired) electrons. The zero-order valence-electron chi connectivity index (χ0n) is 27.0. The van der Waals surface area contributed by atoms with Crippen LogP contribution in [-0.4, -0.2) is 23.0 Å². The van der Waals surface area contributed by atoms with Gasteiger partial charge in [-0.15, -0.1) is 0 Å². The molecule has 1 aliphatic heterocycles. The van der Waals surface area contributed by atoms with Gasteiger partial charge in [-0.2, -0.15) is 0 Å². The van der Waals surface area contributed by atoms with Crippen molar-refractivity contribution in [1.82, 2.24) is 15.0 Å². The van der Waals surface area contributed by atoms with Crippen molar-refractivity contribution in [3.05, 3.63) is 176 Å². The summed E-state index contributed by atoms with van der Waals surface area (Å²) < 4.78 is 6.29. The Morgan fingerprint density at radius 1 is 0.360 bits per heavy atom. The van der Waals surface area contributed by atoms with Crippen LogP contribution in [0.25, 0.3) is 67.2 Å². The van der Waals surface area contributed by atoms with Gasteiger partial charge in [0, 0.05) is 27.5 Å². The standard InChI is InChI=1S/C45H29N3OSi/c1-3-13-30(14-4-1)43-46-44(31-15-5-2-6-16-31)48-45(47-43)32-23-25-33(26-24-32)50(41-21-11-8-18-36(41)37-19-9-12-22-42(37)50)34-27-28-40-38(29-34)35-17-7-10-20-39(35)49-40/h1-29H. The molecule has 50 heavy (non-hydrogen) atoms. The molecular weight excluding hydrogens is 627 g/mol. The van der Waals surface area contributed by atoms with Crippen LogP contribution in [0.3, 0.4) is 0 Å². The first kappa shape index (κ1) is 28.6. The molecule has 5 heteroatoms. The summed E-state index contributed by atoms with van der Waals surface area (Å²) in [5.74, 6) is 1.96. The van der Waals surface area contributed by atoms with Gasteiger partial charge in [0.15, 0.2) is 25.5 Å². The summed E-state index contributed by atoms with van der Waals surface area (Å²) in [6.07, 6.45) is 0. The molecule has 1 aliphatic rings. The van der Waals surface area contributed by atoms with Crippen LogP contribution in [0.1, 0.15) is 0 Å². The minimum Gasteiger partial charge on any atom is -0.456 e. The zero-order valence-corrected chi connectivity index (χ0v) is 28.0. The van der Waals surface area contributed by atoms with Crippen LogP contribution in [0.2, 0.25) is 0 Å². The molecule has 0 saturated carbocycles. The van der Waals surface area contributed by atoms with Crippen LogP contribution in [0.5, 0.6) is 0 Å². The van der Waals surface area contributed by atoms with Gasteiger partial charge in [-0.1, -0.05) is 164 Å². The van der Waals surface area contributed by atoms with Crippen molar-refractivity contribution >= 4 is 50.8 Å². The number of nitrogens with zero attached hydrogens (tertiary/aromatic N) is 3. The molecule has 0 spiro atoms. The van der Waals surface area contributed by atoms with Crippen LogP contribution in [0.15, 0.2) is 180 Å². The quantitative estimate of drug-likeness (QED) is 0.176. The topological polar surface area (TPSA) is 51.8 Å². The van der Waals surface area contributed by atoms with E-state index in [1.54, 1.807) is 0 Å². The van der Waals surface area contributed by atoms with Gasteiger partial charge in [-0.05, 0) is 44.0 Å². The van der Waals surface area contributed by atoms with Crippen molar-refractivity contribution in [2.45, 2.75) is 0 Å². The first-order valence-corrected chi connectivity index (χ1v) is 18.9. The average Bonchev–Trinajstić information content (AvgIpc) is 3.72. The van der Waals surface area contributed by atoms with Crippen molar-refractivity contribution in [2.75, 3.05) is 0 Å². The van der Waals surface area contributed by atoms with E-state index >= 15 is 0 Å². The van der Waals surface area contributed by atoms with Gasteiger partial charge in [-0.3, -0.25) is 0 Å². The smallest absolute Gasteiger partial charge is 0.180 e. The minimum atomic E-state index is -2.75. The maximum absolute atomic E-state index is 6.29. The second-order valence-electron chi connectivity index (χ2n) is 12.8. The fourth-order valence-corrected chi connectivity index (χ4v) is 13.0. The van der Waals surface area contributed by atoms with E-state index in [9.17, 15) is 0 Å². The number of aromatic nitrogens is 3. The molecule has 0 aliphatic carbocycles. The third kappa shape index (κ3) is 4.34. The Labute approximate surface area is 290 Å². The van der Waals surface area contributed by atoms with Crippen LogP contribution in [0, 0.1) is 0 Å². The van der Waals surface area contributed by atoms with Crippen molar-refractivity contribution in [3.8, 4) is 45.3 Å². The molecule has 234 valence electrons. The van der Waals surface area contributed by atoms with Gasteiger partial charge in [0.25, 0.3) is 0 Å². The second-order valence-corrected chi connectivity index (χ2v) is 16.5. The van der Waals surface area contributed by atoms with E-state index in [-0.39, 0.29) is 0 Å². The average molecular weight is 656 g/mol. The lowest BCUT2D eigenvalue weighted by atomic mass is 10.1. The van der Waals surface area contributed by atoms with Gasteiger partial charge < -0.3 is 4.42 Å². The maximum atomic E-state index is 6.29. The van der Waals surface area contributed by atoms with Gasteiger partial charge in [-0.25, -0.2) is 15.0 Å². The van der Waals surface area contributed by atoms with E-state index < -0.39 is 8.07 Å². The second kappa shape index (κ2) is 11.3. The first-order valence-electron chi connectivity index (χ1n) is 16.9. The summed E-state index contributed by atoms with van der Waals surface area (Å²) in [7, 11) is -2.75. The van der Waals surface area contributed by atoms with Crippen LogP contribution in [-0.2, 0) is 0 Å². The molecule has 0 atom stereocenters. The molecule has 9 aromatic rings. The Morgan fingerprint density at radius 3 is 1.42 bits per heavy atom. The zero-order chi connectivity index (χ0) is 33.1. The molecule has 3 heterocycles. The van der Waals surface area contributed by atoms with Crippen molar-refractivity contribution in [2.24, 2.45) is 0 Å². The Bertz CT molecular complexity index is 2600. The number of rotatable bonds is 5. The van der Waals surface area contributed by atoms with Gasteiger partial charge in [0.1, 0.15) is 11.2 Å². The molecule has 0 N–H and O–H groups in total. The maximum Gasteiger partial charge on any atom is 0.180 e. The van der Waals surface area contributed by atoms with Crippen molar-refractivity contribution < 1.29 is 4.42 Å². The molecule has 0 fully saturated rings. The van der Waals surface area contributed by atoms with Crippen molar-refractivity contribution in [1.29, 1.82) is 0 Å². The van der Waals surface area contributed by atoms with Crippen LogP contribution < -0.4 is 20.7 Å². The third-order valence-corrected chi connectivity index (χ3v) is 14.9. The highest BCUT2D eigenvalue weighted by molar-refractivity contribution is 7.22. The molecule has 2 aromatic heterocycles. The molecule has 4 nitrogen and oxygen atoms in total. The lowest BCUT2D eigenvalue weighted by Gasteiger charge is -2.31. The molecular formula is C45H29N3OSi. The monoisotopic (exact) mass is 655 g/mol. The summed E-state index contributed by atoms with van der Waals surface area (Å²) in [6, 6.07) is 62.4. The van der Waals surface area contributed by atoms with Crippen molar-refractivity contribution in [3.63, 3.8) is 0 Å². The van der Waals surface area contributed by atoms with Crippen LogP contribution >= 0.6 is 0 Å². The molecule has 0 amide bonds. The minimum absolute atomic E-state index is 0.651. The molecule has 0 saturated heterocycles. The summed E-state index contributed by atoms with van der Waals surface area (Å²) >= 11 is 0. The summed E-state index contributed by atoms with van der Waals surface area (Å²) in [5.41, 5.74) is 7.31. The molecule has 0 bridgehead atoms. The van der Waals surface area contributed by atoms with E-state index in [1.165, 1.54) is 31.9 Å². The predicted octanol–water partition coefficient (Wildman–Crippen LogP) is 8.13. The van der Waals surface area contributed by atoms with Gasteiger partial charge in [0.2, 0.25) is 0 Å². The first-order chi connectivity index (χ1) is 24.8. The van der Waals surface area contributed by atoms with Gasteiger partial charge in [0.05, 0.1) is 0 Å². The lowest BCUT2D eigenvalue weighted by Crippen LogP contribution is -2.72. The normalized spacial score (nSPS) is 13.0. The summed E-state index contributed by atoms with van der Waals surface area (Å²) in [5, 5.41) is 7.74. The largest absolute Gasteiger partial charge is 0.456 e. The summed E-state index contributed by atoms with van der Waals surface area (Å²) in [4.78, 5) is 14.9. The van der Waals surface area contributed by atoms with E-state index in [1.807, 2.05) is 66.7 Å². The number of fused-ring (bicyclic) bond motifs is 6. The number of hydrogen-bond acceptors (Lipinski definition) is 4. The van der Waals surface area contributed by atoms with E-state index in [4.69, 9.17) is 19.4 Å². The number of para-hydroxylation sites is 1.